The largest absolute Gasteiger partial charge is 0.352 e. The van der Waals surface area contributed by atoms with Gasteiger partial charge in [-0.05, 0) is 13.3 Å². The average Bonchev–Trinajstić information content (AvgIpc) is 2.42. The molecule has 15 heavy (non-hydrogen) atoms. The third-order valence-corrected chi connectivity index (χ3v) is 4.07. The molecule has 1 amide bonds. The van der Waals surface area contributed by atoms with E-state index in [4.69, 9.17) is 0 Å². The third-order valence-electron chi connectivity index (χ3n) is 2.30. The Morgan fingerprint density at radius 1 is 1.33 bits per heavy atom. The third kappa shape index (κ3) is 4.42. The number of Topliss-reactive ketones (excluding diaryl/α,β-unsaturated/α-hetero) is 1. The molecule has 0 radical (unpaired) electrons. The molecule has 1 saturated heterocycles. The van der Waals surface area contributed by atoms with Gasteiger partial charge in [-0.3, -0.25) is 4.79 Å². The summed E-state index contributed by atoms with van der Waals surface area (Å²) >= 11 is 0. The first-order valence-corrected chi connectivity index (χ1v) is 6.70. The standard InChI is InChI=1S/C9H15NO4S/c1-7(11)2-3-9(12)10-8-4-5-15(13,14)6-8/h8H,2-6H2,1H3,(H,10,12). The zero-order valence-corrected chi connectivity index (χ0v) is 9.47. The zero-order chi connectivity index (χ0) is 11.5. The van der Waals surface area contributed by atoms with Gasteiger partial charge in [-0.1, -0.05) is 0 Å². The van der Waals surface area contributed by atoms with Crippen molar-refractivity contribution in [3.05, 3.63) is 0 Å². The van der Waals surface area contributed by atoms with Crippen molar-refractivity contribution < 1.29 is 18.0 Å². The monoisotopic (exact) mass is 233 g/mol. The normalized spacial score (nSPS) is 23.7. The second kappa shape index (κ2) is 4.74. The SMILES string of the molecule is CC(=O)CCC(=O)NC1CCS(=O)(=O)C1. The lowest BCUT2D eigenvalue weighted by Gasteiger charge is -2.09. The van der Waals surface area contributed by atoms with Gasteiger partial charge >= 0.3 is 0 Å². The summed E-state index contributed by atoms with van der Waals surface area (Å²) in [5.74, 6) is -0.111. The van der Waals surface area contributed by atoms with Crippen LogP contribution in [0.25, 0.3) is 0 Å². The molecule has 0 aromatic rings. The molecular formula is C9H15NO4S. The van der Waals surface area contributed by atoms with Crippen LogP contribution in [0.1, 0.15) is 26.2 Å². The minimum Gasteiger partial charge on any atom is -0.352 e. The second-order valence-corrected chi connectivity index (χ2v) is 6.10. The van der Waals surface area contributed by atoms with Crippen LogP contribution in [0.5, 0.6) is 0 Å². The van der Waals surface area contributed by atoms with E-state index in [0.29, 0.717) is 6.42 Å². The first kappa shape index (κ1) is 12.2. The van der Waals surface area contributed by atoms with Crippen molar-refractivity contribution in [3.63, 3.8) is 0 Å². The van der Waals surface area contributed by atoms with E-state index in [1.165, 1.54) is 6.92 Å². The van der Waals surface area contributed by atoms with E-state index in [2.05, 4.69) is 5.32 Å². The van der Waals surface area contributed by atoms with Crippen LogP contribution in [-0.2, 0) is 19.4 Å². The lowest BCUT2D eigenvalue weighted by molar-refractivity contribution is -0.125. The van der Waals surface area contributed by atoms with E-state index in [1.807, 2.05) is 0 Å². The van der Waals surface area contributed by atoms with Gasteiger partial charge in [0.05, 0.1) is 11.5 Å². The van der Waals surface area contributed by atoms with Crippen molar-refractivity contribution in [2.75, 3.05) is 11.5 Å². The van der Waals surface area contributed by atoms with Gasteiger partial charge in [0, 0.05) is 18.9 Å². The van der Waals surface area contributed by atoms with Crippen LogP contribution in [-0.4, -0.2) is 37.7 Å². The Balaban J connectivity index is 2.31. The van der Waals surface area contributed by atoms with Gasteiger partial charge in [-0.25, -0.2) is 8.42 Å². The van der Waals surface area contributed by atoms with E-state index < -0.39 is 9.84 Å². The van der Waals surface area contributed by atoms with E-state index in [1.54, 1.807) is 0 Å². The smallest absolute Gasteiger partial charge is 0.220 e. The van der Waals surface area contributed by atoms with E-state index >= 15 is 0 Å². The van der Waals surface area contributed by atoms with Crippen molar-refractivity contribution in [2.24, 2.45) is 0 Å². The fourth-order valence-corrected chi connectivity index (χ4v) is 3.17. The summed E-state index contributed by atoms with van der Waals surface area (Å²) in [6.45, 7) is 1.42. The lowest BCUT2D eigenvalue weighted by Crippen LogP contribution is -2.35. The van der Waals surface area contributed by atoms with Crippen molar-refractivity contribution in [2.45, 2.75) is 32.2 Å². The molecule has 0 spiro atoms. The molecule has 1 atom stereocenters. The van der Waals surface area contributed by atoms with Gasteiger partial charge in [0.1, 0.15) is 5.78 Å². The minimum absolute atomic E-state index is 0.0266. The molecule has 0 bridgehead atoms. The quantitative estimate of drug-likeness (QED) is 0.720. The molecule has 0 aromatic carbocycles. The summed E-state index contributed by atoms with van der Waals surface area (Å²) in [6, 6.07) is -0.269. The number of sulfone groups is 1. The molecule has 1 heterocycles. The summed E-state index contributed by atoms with van der Waals surface area (Å²) in [6.07, 6.45) is 0.839. The Bertz CT molecular complexity index is 360. The van der Waals surface area contributed by atoms with E-state index in [-0.39, 0.29) is 42.1 Å². The van der Waals surface area contributed by atoms with Crippen molar-refractivity contribution in [1.82, 2.24) is 5.32 Å². The molecular weight excluding hydrogens is 218 g/mol. The lowest BCUT2D eigenvalue weighted by atomic mass is 10.2. The molecule has 1 rings (SSSR count). The maximum Gasteiger partial charge on any atom is 0.220 e. The van der Waals surface area contributed by atoms with Crippen LogP contribution in [0.15, 0.2) is 0 Å². The number of carbonyl (C=O) groups excluding carboxylic acids is 2. The Kier molecular flexibility index (Phi) is 3.84. The van der Waals surface area contributed by atoms with Gasteiger partial charge in [-0.2, -0.15) is 0 Å². The summed E-state index contributed by atoms with van der Waals surface area (Å²) in [5.41, 5.74) is 0. The summed E-state index contributed by atoms with van der Waals surface area (Å²) < 4.78 is 22.2. The highest BCUT2D eigenvalue weighted by molar-refractivity contribution is 7.91. The number of amides is 1. The van der Waals surface area contributed by atoms with Crippen molar-refractivity contribution in [3.8, 4) is 0 Å². The van der Waals surface area contributed by atoms with E-state index in [9.17, 15) is 18.0 Å². The molecule has 0 saturated carbocycles. The maximum atomic E-state index is 11.3. The molecule has 1 unspecified atom stereocenters. The Morgan fingerprint density at radius 2 is 2.00 bits per heavy atom. The number of rotatable bonds is 4. The second-order valence-electron chi connectivity index (χ2n) is 3.87. The maximum absolute atomic E-state index is 11.3. The summed E-state index contributed by atoms with van der Waals surface area (Å²) in [4.78, 5) is 21.9. The van der Waals surface area contributed by atoms with Crippen LogP contribution in [0, 0.1) is 0 Å². The molecule has 86 valence electrons. The van der Waals surface area contributed by atoms with Crippen LogP contribution < -0.4 is 5.32 Å². The van der Waals surface area contributed by atoms with Gasteiger partial charge in [0.15, 0.2) is 9.84 Å². The summed E-state index contributed by atoms with van der Waals surface area (Å²) in [5, 5.41) is 2.62. The van der Waals surface area contributed by atoms with Gasteiger partial charge in [-0.15, -0.1) is 0 Å². The minimum atomic E-state index is -2.95. The Labute approximate surface area is 89.2 Å². The molecule has 5 nitrogen and oxygen atoms in total. The predicted molar refractivity (Wildman–Crippen MR) is 55.1 cm³/mol. The fraction of sp³-hybridized carbons (Fsp3) is 0.778. The molecule has 0 aromatic heterocycles. The first-order chi connectivity index (χ1) is 6.89. The zero-order valence-electron chi connectivity index (χ0n) is 8.65. The molecule has 1 N–H and O–H groups in total. The van der Waals surface area contributed by atoms with E-state index in [0.717, 1.165) is 0 Å². The predicted octanol–water partition coefficient (Wildman–Crippen LogP) is -0.341. The van der Waals surface area contributed by atoms with Crippen LogP contribution in [0.3, 0.4) is 0 Å². The van der Waals surface area contributed by atoms with Gasteiger partial charge < -0.3 is 10.1 Å². The topological polar surface area (TPSA) is 80.3 Å². The molecule has 0 aliphatic carbocycles. The molecule has 1 aliphatic heterocycles. The van der Waals surface area contributed by atoms with Crippen molar-refractivity contribution >= 4 is 21.5 Å². The number of hydrogen-bond donors (Lipinski definition) is 1. The highest BCUT2D eigenvalue weighted by atomic mass is 32.2. The average molecular weight is 233 g/mol. The Morgan fingerprint density at radius 3 is 2.47 bits per heavy atom. The number of hydrogen-bond acceptors (Lipinski definition) is 4. The summed E-state index contributed by atoms with van der Waals surface area (Å²) in [7, 11) is -2.95. The fourth-order valence-electron chi connectivity index (χ4n) is 1.50. The highest BCUT2D eigenvalue weighted by Gasteiger charge is 2.28. The van der Waals surface area contributed by atoms with Gasteiger partial charge in [0.2, 0.25) is 5.91 Å². The first-order valence-electron chi connectivity index (χ1n) is 4.88. The van der Waals surface area contributed by atoms with Crippen LogP contribution in [0.2, 0.25) is 0 Å². The molecule has 1 fully saturated rings. The molecule has 1 aliphatic rings. The molecule has 6 heteroatoms. The number of ketones is 1. The van der Waals surface area contributed by atoms with Gasteiger partial charge in [0.25, 0.3) is 0 Å². The highest BCUT2D eigenvalue weighted by Crippen LogP contribution is 2.11. The number of carbonyl (C=O) groups is 2. The Hall–Kier alpha value is -0.910. The van der Waals surface area contributed by atoms with Crippen LogP contribution in [0.4, 0.5) is 0 Å². The number of nitrogens with one attached hydrogen (secondary N) is 1. The van der Waals surface area contributed by atoms with Crippen LogP contribution >= 0.6 is 0 Å². The van der Waals surface area contributed by atoms with Crippen molar-refractivity contribution in [1.29, 1.82) is 0 Å².